The van der Waals surface area contributed by atoms with E-state index in [1.54, 1.807) is 18.5 Å². The summed E-state index contributed by atoms with van der Waals surface area (Å²) in [5.74, 6) is 1.79. The maximum atomic E-state index is 10.2. The molecule has 5 nitrogen and oxygen atoms in total. The molecule has 0 aromatic carbocycles. The molecule has 0 saturated carbocycles. The monoisotopic (exact) mass is 282 g/mol. The Morgan fingerprint density at radius 2 is 2.26 bits per heavy atom. The van der Waals surface area contributed by atoms with E-state index in [1.165, 1.54) is 12.2 Å². The molecule has 0 bridgehead atoms. The van der Waals surface area contributed by atoms with Gasteiger partial charge in [0.1, 0.15) is 0 Å². The first-order chi connectivity index (χ1) is 9.29. The number of thioether (sulfide) groups is 1. The lowest BCUT2D eigenvalue weighted by Gasteiger charge is -2.36. The van der Waals surface area contributed by atoms with Crippen LogP contribution in [0, 0.1) is 0 Å². The zero-order valence-corrected chi connectivity index (χ0v) is 12.1. The lowest BCUT2D eigenvalue weighted by Crippen LogP contribution is -2.50. The molecule has 1 aliphatic heterocycles. The van der Waals surface area contributed by atoms with Gasteiger partial charge in [-0.15, -0.1) is 0 Å². The highest BCUT2D eigenvalue weighted by atomic mass is 32.2. The molecule has 1 fully saturated rings. The second-order valence-electron chi connectivity index (χ2n) is 4.83. The molecule has 1 aromatic rings. The van der Waals surface area contributed by atoms with Gasteiger partial charge in [0.05, 0.1) is 12.1 Å². The first-order valence-corrected chi connectivity index (χ1v) is 8.12. The zero-order chi connectivity index (χ0) is 13.5. The van der Waals surface area contributed by atoms with Crippen molar-refractivity contribution >= 4 is 17.7 Å². The number of likely N-dealkylation sites (tertiary alicyclic amines) is 1. The van der Waals surface area contributed by atoms with E-state index in [4.69, 9.17) is 0 Å². The Balaban J connectivity index is 1.77. The van der Waals surface area contributed by atoms with Crippen LogP contribution in [0.5, 0.6) is 0 Å². The van der Waals surface area contributed by atoms with Crippen molar-refractivity contribution < 1.29 is 5.11 Å². The van der Waals surface area contributed by atoms with Gasteiger partial charge in [-0.2, -0.15) is 11.8 Å². The summed E-state index contributed by atoms with van der Waals surface area (Å²) in [6.07, 6.45) is 7.31. The molecular weight excluding hydrogens is 260 g/mol. The highest BCUT2D eigenvalue weighted by Gasteiger charge is 2.27. The average Bonchev–Trinajstić information content (AvgIpc) is 2.43. The number of aliphatic hydroxyl groups excluding tert-OH is 1. The molecular formula is C13H22N4OS. The fourth-order valence-corrected chi connectivity index (χ4v) is 2.76. The molecule has 2 atom stereocenters. The van der Waals surface area contributed by atoms with Crippen LogP contribution >= 0.6 is 11.8 Å². The lowest BCUT2D eigenvalue weighted by atomic mass is 10.0. The van der Waals surface area contributed by atoms with Gasteiger partial charge in [-0.1, -0.05) is 0 Å². The molecule has 6 heteroatoms. The molecule has 1 saturated heterocycles. The standard InChI is InChI=1S/C13H22N4OS/c1-19-9-3-7-17-8-4-11(12(18)10-17)16-13-14-5-2-6-15-13/h2,5-6,11-12,18H,3-4,7-10H2,1H3,(H,14,15,16)/t11-,12-/m1/s1. The van der Waals surface area contributed by atoms with Crippen LogP contribution in [-0.2, 0) is 0 Å². The zero-order valence-electron chi connectivity index (χ0n) is 11.3. The molecule has 0 spiro atoms. The van der Waals surface area contributed by atoms with Crippen LogP contribution in [0.25, 0.3) is 0 Å². The Labute approximate surface area is 118 Å². The van der Waals surface area contributed by atoms with E-state index >= 15 is 0 Å². The molecule has 2 rings (SSSR count). The number of β-amino-alcohol motifs (C(OH)–C–C–N with tert-alkyl or cyclic N) is 1. The number of piperidine rings is 1. The predicted molar refractivity (Wildman–Crippen MR) is 79.5 cm³/mol. The van der Waals surface area contributed by atoms with Crippen molar-refractivity contribution in [2.45, 2.75) is 25.0 Å². The maximum absolute atomic E-state index is 10.2. The minimum Gasteiger partial charge on any atom is -0.390 e. The Kier molecular flexibility index (Phi) is 5.88. The van der Waals surface area contributed by atoms with Gasteiger partial charge in [0.25, 0.3) is 0 Å². The summed E-state index contributed by atoms with van der Waals surface area (Å²) in [4.78, 5) is 10.6. The van der Waals surface area contributed by atoms with Gasteiger partial charge >= 0.3 is 0 Å². The van der Waals surface area contributed by atoms with Gasteiger partial charge in [-0.25, -0.2) is 9.97 Å². The van der Waals surface area contributed by atoms with Crippen LogP contribution in [0.1, 0.15) is 12.8 Å². The van der Waals surface area contributed by atoms with Crippen LogP contribution < -0.4 is 5.32 Å². The summed E-state index contributed by atoms with van der Waals surface area (Å²) in [5.41, 5.74) is 0. The van der Waals surface area contributed by atoms with E-state index in [0.29, 0.717) is 5.95 Å². The predicted octanol–water partition coefficient (Wildman–Crippen LogP) is 1.08. The molecule has 1 aromatic heterocycles. The van der Waals surface area contributed by atoms with Gasteiger partial charge in [0.15, 0.2) is 0 Å². The Hall–Kier alpha value is -0.850. The number of rotatable bonds is 6. The van der Waals surface area contributed by atoms with Gasteiger partial charge in [-0.3, -0.25) is 0 Å². The minimum atomic E-state index is -0.355. The Bertz CT molecular complexity index is 365. The number of nitrogens with zero attached hydrogens (tertiary/aromatic N) is 3. The summed E-state index contributed by atoms with van der Waals surface area (Å²) in [7, 11) is 0. The van der Waals surface area contributed by atoms with Crippen molar-refractivity contribution in [1.82, 2.24) is 14.9 Å². The lowest BCUT2D eigenvalue weighted by molar-refractivity contribution is 0.0599. The van der Waals surface area contributed by atoms with E-state index < -0.39 is 0 Å². The Morgan fingerprint density at radius 1 is 1.47 bits per heavy atom. The topological polar surface area (TPSA) is 61.3 Å². The highest BCUT2D eigenvalue weighted by Crippen LogP contribution is 2.15. The molecule has 0 radical (unpaired) electrons. The first kappa shape index (κ1) is 14.6. The highest BCUT2D eigenvalue weighted by molar-refractivity contribution is 7.98. The Morgan fingerprint density at radius 3 is 2.95 bits per heavy atom. The fourth-order valence-electron chi connectivity index (χ4n) is 2.34. The van der Waals surface area contributed by atoms with Gasteiger partial charge in [0.2, 0.25) is 5.95 Å². The first-order valence-electron chi connectivity index (χ1n) is 6.72. The van der Waals surface area contributed by atoms with E-state index in [0.717, 1.165) is 26.1 Å². The second kappa shape index (κ2) is 7.67. The number of nitrogens with one attached hydrogen (secondary N) is 1. The van der Waals surface area contributed by atoms with Crippen LogP contribution in [-0.4, -0.2) is 63.8 Å². The van der Waals surface area contributed by atoms with Crippen LogP contribution in [0.2, 0.25) is 0 Å². The summed E-state index contributed by atoms with van der Waals surface area (Å²) < 4.78 is 0. The van der Waals surface area contributed by atoms with Crippen molar-refractivity contribution in [2.75, 3.05) is 37.0 Å². The third kappa shape index (κ3) is 4.63. The van der Waals surface area contributed by atoms with Crippen molar-refractivity contribution in [3.8, 4) is 0 Å². The van der Waals surface area contributed by atoms with E-state index in [-0.39, 0.29) is 12.1 Å². The van der Waals surface area contributed by atoms with Crippen LogP contribution in [0.4, 0.5) is 5.95 Å². The summed E-state index contributed by atoms with van der Waals surface area (Å²) in [5, 5.41) is 13.4. The quantitative estimate of drug-likeness (QED) is 0.761. The molecule has 2 heterocycles. The van der Waals surface area contributed by atoms with Gasteiger partial charge in [0, 0.05) is 25.5 Å². The third-order valence-corrected chi connectivity index (χ3v) is 4.07. The molecule has 2 N–H and O–H groups in total. The molecule has 19 heavy (non-hydrogen) atoms. The van der Waals surface area contributed by atoms with E-state index in [2.05, 4.69) is 26.4 Å². The molecule has 0 unspecified atom stereocenters. The number of anilines is 1. The normalized spacial score (nSPS) is 24.3. The maximum Gasteiger partial charge on any atom is 0.222 e. The van der Waals surface area contributed by atoms with Gasteiger partial charge < -0.3 is 15.3 Å². The van der Waals surface area contributed by atoms with Crippen molar-refractivity contribution in [3.63, 3.8) is 0 Å². The van der Waals surface area contributed by atoms with Crippen molar-refractivity contribution in [1.29, 1.82) is 0 Å². The smallest absolute Gasteiger partial charge is 0.222 e. The number of hydrogen-bond acceptors (Lipinski definition) is 6. The van der Waals surface area contributed by atoms with Gasteiger partial charge in [-0.05, 0) is 37.5 Å². The minimum absolute atomic E-state index is 0.0548. The molecule has 0 amide bonds. The largest absolute Gasteiger partial charge is 0.390 e. The van der Waals surface area contributed by atoms with Crippen molar-refractivity contribution in [3.05, 3.63) is 18.5 Å². The fraction of sp³-hybridized carbons (Fsp3) is 0.692. The molecule has 0 aliphatic carbocycles. The summed E-state index contributed by atoms with van der Waals surface area (Å²) >= 11 is 1.88. The number of aliphatic hydroxyl groups is 1. The number of aromatic nitrogens is 2. The van der Waals surface area contributed by atoms with Crippen LogP contribution in [0.15, 0.2) is 18.5 Å². The summed E-state index contributed by atoms with van der Waals surface area (Å²) in [6.45, 7) is 2.83. The van der Waals surface area contributed by atoms with E-state index in [1.807, 2.05) is 11.8 Å². The van der Waals surface area contributed by atoms with E-state index in [9.17, 15) is 5.11 Å². The number of hydrogen-bond donors (Lipinski definition) is 2. The van der Waals surface area contributed by atoms with Crippen LogP contribution in [0.3, 0.4) is 0 Å². The summed E-state index contributed by atoms with van der Waals surface area (Å²) in [6, 6.07) is 1.84. The molecule has 106 valence electrons. The molecule has 1 aliphatic rings. The third-order valence-electron chi connectivity index (χ3n) is 3.37. The average molecular weight is 282 g/mol. The SMILES string of the molecule is CSCCCN1CC[C@@H](Nc2ncccn2)[C@H](O)C1. The second-order valence-corrected chi connectivity index (χ2v) is 5.81. The van der Waals surface area contributed by atoms with Crippen molar-refractivity contribution in [2.24, 2.45) is 0 Å².